The fourth-order valence-electron chi connectivity index (χ4n) is 1.48. The van der Waals surface area contributed by atoms with Crippen LogP contribution in [0.3, 0.4) is 0 Å². The molecule has 0 aromatic heterocycles. The highest BCUT2D eigenvalue weighted by Gasteiger charge is 2.06. The van der Waals surface area contributed by atoms with E-state index in [4.69, 9.17) is 9.47 Å². The number of methoxy groups -OCH3 is 1. The minimum Gasteiger partial charge on any atom is -0.494 e. The molecule has 1 aromatic rings. The molecule has 0 heterocycles. The highest BCUT2D eigenvalue weighted by atomic mass is 16.5. The lowest BCUT2D eigenvalue weighted by Crippen LogP contribution is -2.24. The minimum atomic E-state index is -0.498. The Balaban J connectivity index is 2.37. The van der Waals surface area contributed by atoms with Crippen LogP contribution in [0.5, 0.6) is 5.75 Å². The molecule has 1 aromatic carbocycles. The van der Waals surface area contributed by atoms with Gasteiger partial charge in [0, 0.05) is 20.2 Å². The summed E-state index contributed by atoms with van der Waals surface area (Å²) in [6, 6.07) is 7.51. The van der Waals surface area contributed by atoms with E-state index in [1.807, 2.05) is 31.2 Å². The number of benzene rings is 1. The SMILES string of the molecule is CCOc1ccc(C(O)CNCCOC)cc1. The molecule has 0 aliphatic carbocycles. The first-order valence-electron chi connectivity index (χ1n) is 5.88. The standard InChI is InChI=1S/C13H21NO3/c1-3-17-12-6-4-11(5-7-12)13(15)10-14-8-9-16-2/h4-7,13-15H,3,8-10H2,1-2H3. The van der Waals surface area contributed by atoms with Gasteiger partial charge in [-0.05, 0) is 24.6 Å². The summed E-state index contributed by atoms with van der Waals surface area (Å²) in [5, 5.41) is 13.0. The van der Waals surface area contributed by atoms with Crippen LogP contribution >= 0.6 is 0 Å². The Morgan fingerprint density at radius 3 is 2.59 bits per heavy atom. The molecule has 4 nitrogen and oxygen atoms in total. The van der Waals surface area contributed by atoms with E-state index < -0.39 is 6.10 Å². The number of ether oxygens (including phenoxy) is 2. The second-order valence-electron chi connectivity index (χ2n) is 3.71. The van der Waals surface area contributed by atoms with Crippen molar-refractivity contribution in [2.24, 2.45) is 0 Å². The van der Waals surface area contributed by atoms with Gasteiger partial charge in [-0.3, -0.25) is 0 Å². The minimum absolute atomic E-state index is 0.498. The van der Waals surface area contributed by atoms with Crippen LogP contribution in [0.2, 0.25) is 0 Å². The first-order chi connectivity index (χ1) is 8.27. The average Bonchev–Trinajstić information content (AvgIpc) is 2.36. The maximum atomic E-state index is 9.90. The maximum absolute atomic E-state index is 9.90. The van der Waals surface area contributed by atoms with Crippen LogP contribution in [-0.2, 0) is 4.74 Å². The molecule has 0 saturated heterocycles. The molecule has 0 spiro atoms. The third kappa shape index (κ3) is 5.17. The quantitative estimate of drug-likeness (QED) is 0.672. The number of hydrogen-bond donors (Lipinski definition) is 2. The van der Waals surface area contributed by atoms with Crippen molar-refractivity contribution in [3.05, 3.63) is 29.8 Å². The zero-order valence-corrected chi connectivity index (χ0v) is 10.5. The first kappa shape index (κ1) is 14.0. The smallest absolute Gasteiger partial charge is 0.119 e. The zero-order chi connectivity index (χ0) is 12.5. The van der Waals surface area contributed by atoms with E-state index in [0.717, 1.165) is 17.9 Å². The van der Waals surface area contributed by atoms with Crippen molar-refractivity contribution in [1.82, 2.24) is 5.32 Å². The molecule has 96 valence electrons. The van der Waals surface area contributed by atoms with E-state index in [-0.39, 0.29) is 0 Å². The summed E-state index contributed by atoms with van der Waals surface area (Å²) in [7, 11) is 1.66. The molecule has 0 aliphatic rings. The molecule has 1 rings (SSSR count). The molecule has 0 saturated carbocycles. The summed E-state index contributed by atoms with van der Waals surface area (Å²) < 4.78 is 10.3. The second kappa shape index (κ2) is 8.06. The van der Waals surface area contributed by atoms with E-state index in [0.29, 0.717) is 19.8 Å². The van der Waals surface area contributed by atoms with Crippen molar-refractivity contribution in [3.63, 3.8) is 0 Å². The summed E-state index contributed by atoms with van der Waals surface area (Å²) in [4.78, 5) is 0. The number of aliphatic hydroxyl groups is 1. The van der Waals surface area contributed by atoms with Gasteiger partial charge in [0.15, 0.2) is 0 Å². The Bertz CT molecular complexity index is 300. The van der Waals surface area contributed by atoms with Gasteiger partial charge in [-0.15, -0.1) is 0 Å². The van der Waals surface area contributed by atoms with E-state index >= 15 is 0 Å². The van der Waals surface area contributed by atoms with Crippen LogP contribution in [0.4, 0.5) is 0 Å². The van der Waals surface area contributed by atoms with Gasteiger partial charge in [0.2, 0.25) is 0 Å². The van der Waals surface area contributed by atoms with Crippen molar-refractivity contribution < 1.29 is 14.6 Å². The van der Waals surface area contributed by atoms with Gasteiger partial charge in [-0.25, -0.2) is 0 Å². The normalized spacial score (nSPS) is 12.4. The molecule has 1 unspecified atom stereocenters. The van der Waals surface area contributed by atoms with Crippen LogP contribution < -0.4 is 10.1 Å². The molecular weight excluding hydrogens is 218 g/mol. The molecule has 0 fully saturated rings. The van der Waals surface area contributed by atoms with Crippen molar-refractivity contribution in [2.75, 3.05) is 33.4 Å². The number of rotatable bonds is 8. The summed E-state index contributed by atoms with van der Waals surface area (Å²) >= 11 is 0. The van der Waals surface area contributed by atoms with Crippen LogP contribution in [-0.4, -0.2) is 38.5 Å². The predicted octanol–water partition coefficient (Wildman–Crippen LogP) is 1.35. The number of nitrogens with one attached hydrogen (secondary N) is 1. The summed E-state index contributed by atoms with van der Waals surface area (Å²) in [5.74, 6) is 0.829. The third-order valence-corrected chi connectivity index (χ3v) is 2.40. The van der Waals surface area contributed by atoms with E-state index in [9.17, 15) is 5.11 Å². The molecule has 1 atom stereocenters. The van der Waals surface area contributed by atoms with E-state index in [1.54, 1.807) is 7.11 Å². The summed E-state index contributed by atoms with van der Waals surface area (Å²) in [5.41, 5.74) is 0.887. The Hall–Kier alpha value is -1.10. The largest absolute Gasteiger partial charge is 0.494 e. The fourth-order valence-corrected chi connectivity index (χ4v) is 1.48. The van der Waals surface area contributed by atoms with E-state index in [1.165, 1.54) is 0 Å². The van der Waals surface area contributed by atoms with Crippen molar-refractivity contribution >= 4 is 0 Å². The van der Waals surface area contributed by atoms with Crippen LogP contribution in [0.15, 0.2) is 24.3 Å². The molecule has 17 heavy (non-hydrogen) atoms. The molecule has 4 heteroatoms. The van der Waals surface area contributed by atoms with Gasteiger partial charge in [-0.2, -0.15) is 0 Å². The fraction of sp³-hybridized carbons (Fsp3) is 0.538. The molecular formula is C13H21NO3. The van der Waals surface area contributed by atoms with Gasteiger partial charge >= 0.3 is 0 Å². The Kier molecular flexibility index (Phi) is 6.62. The number of hydrogen-bond acceptors (Lipinski definition) is 4. The summed E-state index contributed by atoms with van der Waals surface area (Å²) in [6.07, 6.45) is -0.498. The van der Waals surface area contributed by atoms with Gasteiger partial charge in [-0.1, -0.05) is 12.1 Å². The van der Waals surface area contributed by atoms with Gasteiger partial charge in [0.1, 0.15) is 5.75 Å². The second-order valence-corrected chi connectivity index (χ2v) is 3.71. The Morgan fingerprint density at radius 2 is 2.00 bits per heavy atom. The van der Waals surface area contributed by atoms with Crippen LogP contribution in [0, 0.1) is 0 Å². The molecule has 0 aliphatic heterocycles. The van der Waals surface area contributed by atoms with Gasteiger partial charge in [0.25, 0.3) is 0 Å². The van der Waals surface area contributed by atoms with Crippen LogP contribution in [0.25, 0.3) is 0 Å². The van der Waals surface area contributed by atoms with Crippen molar-refractivity contribution in [3.8, 4) is 5.75 Å². The topological polar surface area (TPSA) is 50.7 Å². The van der Waals surface area contributed by atoms with Crippen molar-refractivity contribution in [1.29, 1.82) is 0 Å². The monoisotopic (exact) mass is 239 g/mol. The zero-order valence-electron chi connectivity index (χ0n) is 10.5. The number of aliphatic hydroxyl groups excluding tert-OH is 1. The lowest BCUT2D eigenvalue weighted by molar-refractivity contribution is 0.161. The van der Waals surface area contributed by atoms with Gasteiger partial charge < -0.3 is 19.9 Å². The lowest BCUT2D eigenvalue weighted by Gasteiger charge is -2.12. The highest BCUT2D eigenvalue weighted by molar-refractivity contribution is 5.28. The predicted molar refractivity (Wildman–Crippen MR) is 67.3 cm³/mol. The first-order valence-corrected chi connectivity index (χ1v) is 5.88. The van der Waals surface area contributed by atoms with Gasteiger partial charge in [0.05, 0.1) is 19.3 Å². The lowest BCUT2D eigenvalue weighted by atomic mass is 10.1. The third-order valence-electron chi connectivity index (χ3n) is 2.40. The highest BCUT2D eigenvalue weighted by Crippen LogP contribution is 2.17. The Labute approximate surface area is 103 Å². The summed E-state index contributed by atoms with van der Waals surface area (Å²) in [6.45, 7) is 4.51. The molecule has 0 radical (unpaired) electrons. The molecule has 0 bridgehead atoms. The maximum Gasteiger partial charge on any atom is 0.119 e. The molecule has 0 amide bonds. The average molecular weight is 239 g/mol. The van der Waals surface area contributed by atoms with Crippen molar-refractivity contribution in [2.45, 2.75) is 13.0 Å². The van der Waals surface area contributed by atoms with E-state index in [2.05, 4.69) is 5.32 Å². The van der Waals surface area contributed by atoms with Crippen LogP contribution in [0.1, 0.15) is 18.6 Å². The molecule has 2 N–H and O–H groups in total. The Morgan fingerprint density at radius 1 is 1.29 bits per heavy atom.